The topological polar surface area (TPSA) is 96.0 Å². The van der Waals surface area contributed by atoms with Crippen LogP contribution in [-0.2, 0) is 4.79 Å². The van der Waals surface area contributed by atoms with Gasteiger partial charge in [-0.25, -0.2) is 4.98 Å². The SMILES string of the molecule is CNCC(C)C(=O)Nc1cc(Cl)c(NC(=O)c2cnccn2)c(Cl)c1.Cl. The normalized spacial score (nSPS) is 11.2. The lowest BCUT2D eigenvalue weighted by molar-refractivity contribution is -0.119. The average Bonchev–Trinajstić information content (AvgIpc) is 2.59. The summed E-state index contributed by atoms with van der Waals surface area (Å²) < 4.78 is 0. The quantitative estimate of drug-likeness (QED) is 0.669. The molecule has 0 radical (unpaired) electrons. The van der Waals surface area contributed by atoms with Gasteiger partial charge in [-0.15, -0.1) is 12.4 Å². The first-order valence-corrected chi connectivity index (χ1v) is 8.19. The number of hydrogen-bond acceptors (Lipinski definition) is 5. The number of halogens is 3. The molecular formula is C16H18Cl3N5O2. The van der Waals surface area contributed by atoms with E-state index in [4.69, 9.17) is 23.2 Å². The van der Waals surface area contributed by atoms with Crippen LogP contribution in [0.2, 0.25) is 10.0 Å². The fourth-order valence-electron chi connectivity index (χ4n) is 2.02. The zero-order valence-corrected chi connectivity index (χ0v) is 16.4. The van der Waals surface area contributed by atoms with Crippen LogP contribution in [-0.4, -0.2) is 35.4 Å². The maximum atomic E-state index is 12.1. The summed E-state index contributed by atoms with van der Waals surface area (Å²) in [5.41, 5.74) is 0.814. The van der Waals surface area contributed by atoms with Crippen LogP contribution >= 0.6 is 35.6 Å². The summed E-state index contributed by atoms with van der Waals surface area (Å²) in [7, 11) is 1.77. The molecule has 7 nitrogen and oxygen atoms in total. The number of anilines is 2. The van der Waals surface area contributed by atoms with E-state index in [1.807, 2.05) is 0 Å². The molecule has 0 bridgehead atoms. The van der Waals surface area contributed by atoms with Crippen molar-refractivity contribution in [3.63, 3.8) is 0 Å². The molecule has 1 aromatic heterocycles. The maximum absolute atomic E-state index is 12.1. The van der Waals surface area contributed by atoms with Gasteiger partial charge in [-0.3, -0.25) is 14.6 Å². The summed E-state index contributed by atoms with van der Waals surface area (Å²) >= 11 is 12.4. The maximum Gasteiger partial charge on any atom is 0.275 e. The highest BCUT2D eigenvalue weighted by atomic mass is 35.5. The van der Waals surface area contributed by atoms with Crippen LogP contribution in [0.3, 0.4) is 0 Å². The molecule has 3 N–H and O–H groups in total. The summed E-state index contributed by atoms with van der Waals surface area (Å²) in [6.07, 6.45) is 4.20. The van der Waals surface area contributed by atoms with E-state index in [9.17, 15) is 9.59 Å². The van der Waals surface area contributed by atoms with Crippen LogP contribution in [0.1, 0.15) is 17.4 Å². The molecular weight excluding hydrogens is 401 g/mol. The Morgan fingerprint density at radius 2 is 1.81 bits per heavy atom. The molecule has 1 unspecified atom stereocenters. The number of carbonyl (C=O) groups is 2. The van der Waals surface area contributed by atoms with Crippen LogP contribution in [0.4, 0.5) is 11.4 Å². The van der Waals surface area contributed by atoms with Crippen molar-refractivity contribution in [2.45, 2.75) is 6.92 Å². The third-order valence-electron chi connectivity index (χ3n) is 3.30. The lowest BCUT2D eigenvalue weighted by atomic mass is 10.1. The van der Waals surface area contributed by atoms with E-state index in [1.54, 1.807) is 14.0 Å². The Kier molecular flexibility index (Phi) is 8.74. The summed E-state index contributed by atoms with van der Waals surface area (Å²) in [5, 5.41) is 8.65. The largest absolute Gasteiger partial charge is 0.326 e. The van der Waals surface area contributed by atoms with Crippen molar-refractivity contribution in [1.29, 1.82) is 0 Å². The van der Waals surface area contributed by atoms with Crippen molar-refractivity contribution in [2.24, 2.45) is 5.92 Å². The van der Waals surface area contributed by atoms with Crippen LogP contribution in [0, 0.1) is 5.92 Å². The molecule has 140 valence electrons. The van der Waals surface area contributed by atoms with Crippen molar-refractivity contribution < 1.29 is 9.59 Å². The van der Waals surface area contributed by atoms with Gasteiger partial charge in [0.05, 0.1) is 21.9 Å². The van der Waals surface area contributed by atoms with Gasteiger partial charge in [0, 0.05) is 30.5 Å². The monoisotopic (exact) mass is 417 g/mol. The minimum absolute atomic E-state index is 0. The number of aromatic nitrogens is 2. The molecule has 1 heterocycles. The predicted molar refractivity (Wildman–Crippen MR) is 105 cm³/mol. The second-order valence-electron chi connectivity index (χ2n) is 5.31. The molecule has 26 heavy (non-hydrogen) atoms. The van der Waals surface area contributed by atoms with E-state index in [0.29, 0.717) is 12.2 Å². The molecule has 10 heteroatoms. The van der Waals surface area contributed by atoms with Crippen molar-refractivity contribution in [3.05, 3.63) is 46.5 Å². The zero-order valence-electron chi connectivity index (χ0n) is 14.0. The lowest BCUT2D eigenvalue weighted by Gasteiger charge is -2.14. The average molecular weight is 419 g/mol. The van der Waals surface area contributed by atoms with E-state index >= 15 is 0 Å². The van der Waals surface area contributed by atoms with Gasteiger partial charge in [-0.1, -0.05) is 30.1 Å². The van der Waals surface area contributed by atoms with E-state index < -0.39 is 5.91 Å². The minimum atomic E-state index is -0.490. The molecule has 0 fully saturated rings. The van der Waals surface area contributed by atoms with E-state index in [0.717, 1.165) is 0 Å². The molecule has 0 saturated carbocycles. The van der Waals surface area contributed by atoms with E-state index in [2.05, 4.69) is 25.9 Å². The van der Waals surface area contributed by atoms with Crippen LogP contribution in [0.25, 0.3) is 0 Å². The molecule has 0 aliphatic carbocycles. The van der Waals surface area contributed by atoms with Gasteiger partial charge in [0.15, 0.2) is 0 Å². The summed E-state index contributed by atoms with van der Waals surface area (Å²) in [6, 6.07) is 3.04. The lowest BCUT2D eigenvalue weighted by Crippen LogP contribution is -2.28. The van der Waals surface area contributed by atoms with Gasteiger partial charge >= 0.3 is 0 Å². The first-order valence-electron chi connectivity index (χ1n) is 7.44. The van der Waals surface area contributed by atoms with Crippen molar-refractivity contribution in [1.82, 2.24) is 15.3 Å². The Balaban J connectivity index is 0.00000338. The number of nitrogens with one attached hydrogen (secondary N) is 3. The zero-order chi connectivity index (χ0) is 18.4. The Labute approximate surface area is 167 Å². The number of nitrogens with zero attached hydrogens (tertiary/aromatic N) is 2. The van der Waals surface area contributed by atoms with Gasteiger partial charge in [0.25, 0.3) is 5.91 Å². The highest BCUT2D eigenvalue weighted by Gasteiger charge is 2.16. The van der Waals surface area contributed by atoms with Gasteiger partial charge in [-0.2, -0.15) is 0 Å². The van der Waals surface area contributed by atoms with Crippen molar-refractivity contribution in [2.75, 3.05) is 24.2 Å². The van der Waals surface area contributed by atoms with Crippen LogP contribution in [0.5, 0.6) is 0 Å². The number of rotatable bonds is 6. The molecule has 1 aromatic carbocycles. The first-order chi connectivity index (χ1) is 11.9. The molecule has 2 amide bonds. The predicted octanol–water partition coefficient (Wildman–Crippen LogP) is 3.25. The second kappa shape index (κ2) is 10.3. The van der Waals surface area contributed by atoms with Gasteiger partial charge in [0.1, 0.15) is 5.69 Å². The number of benzene rings is 1. The van der Waals surface area contributed by atoms with E-state index in [1.165, 1.54) is 30.7 Å². The standard InChI is InChI=1S/C16H17Cl2N5O2.ClH/c1-9(7-19-2)15(24)22-10-5-11(17)14(12(18)6-10)23-16(25)13-8-20-3-4-21-13;/h3-6,8-9,19H,7H2,1-2H3,(H,22,24)(H,23,25);1H. The number of amides is 2. The van der Waals surface area contributed by atoms with Crippen molar-refractivity contribution >= 4 is 58.8 Å². The highest BCUT2D eigenvalue weighted by Crippen LogP contribution is 2.34. The smallest absolute Gasteiger partial charge is 0.275 e. The Morgan fingerprint density at radius 3 is 2.35 bits per heavy atom. The third kappa shape index (κ3) is 5.81. The van der Waals surface area contributed by atoms with Crippen LogP contribution < -0.4 is 16.0 Å². The van der Waals surface area contributed by atoms with Crippen molar-refractivity contribution in [3.8, 4) is 0 Å². The second-order valence-corrected chi connectivity index (χ2v) is 6.12. The summed E-state index contributed by atoms with van der Waals surface area (Å²) in [4.78, 5) is 31.9. The first kappa shape index (κ1) is 22.1. The van der Waals surface area contributed by atoms with Gasteiger partial charge < -0.3 is 16.0 Å². The van der Waals surface area contributed by atoms with Gasteiger partial charge in [0.2, 0.25) is 5.91 Å². The Bertz CT molecular complexity index is 751. The summed E-state index contributed by atoms with van der Waals surface area (Å²) in [6.45, 7) is 2.34. The van der Waals surface area contributed by atoms with Gasteiger partial charge in [-0.05, 0) is 19.2 Å². The highest BCUT2D eigenvalue weighted by molar-refractivity contribution is 6.40. The van der Waals surface area contributed by atoms with Crippen LogP contribution in [0.15, 0.2) is 30.7 Å². The molecule has 1 atom stereocenters. The fraction of sp³-hybridized carbons (Fsp3) is 0.250. The molecule has 0 spiro atoms. The number of carbonyl (C=O) groups excluding carboxylic acids is 2. The Morgan fingerprint density at radius 1 is 1.15 bits per heavy atom. The fourth-order valence-corrected chi connectivity index (χ4v) is 2.60. The third-order valence-corrected chi connectivity index (χ3v) is 3.90. The molecule has 0 aliphatic heterocycles. The minimum Gasteiger partial charge on any atom is -0.326 e. The molecule has 2 aromatic rings. The molecule has 0 aliphatic rings. The number of hydrogen-bond donors (Lipinski definition) is 3. The van der Waals surface area contributed by atoms with E-state index in [-0.39, 0.29) is 45.7 Å². The Hall–Kier alpha value is -1.93. The molecule has 2 rings (SSSR count). The summed E-state index contributed by atoms with van der Waals surface area (Å²) in [5.74, 6) is -0.882. The molecule has 0 saturated heterocycles.